The first-order valence-corrected chi connectivity index (χ1v) is 4.53. The van der Waals surface area contributed by atoms with Crippen LogP contribution in [0, 0.1) is 6.92 Å². The van der Waals surface area contributed by atoms with Gasteiger partial charge in [0.25, 0.3) is 0 Å². The zero-order valence-electron chi connectivity index (χ0n) is 8.17. The maximum absolute atomic E-state index is 5.96. The average molecular weight is 216 g/mol. The number of nitrogens with two attached hydrogens (primary N) is 2. The predicted molar refractivity (Wildman–Crippen MR) is 57.0 cm³/mol. The highest BCUT2D eigenvalue weighted by Crippen LogP contribution is 2.28. The molecule has 0 amide bonds. The Morgan fingerprint density at radius 3 is 2.64 bits per heavy atom. The van der Waals surface area contributed by atoms with Gasteiger partial charge in [0.05, 0.1) is 13.3 Å². The monoisotopic (exact) mass is 215 g/mol. The van der Waals surface area contributed by atoms with Gasteiger partial charge in [-0.2, -0.15) is 0 Å². The second-order valence-electron chi connectivity index (χ2n) is 2.99. The van der Waals surface area contributed by atoms with E-state index in [1.807, 2.05) is 13.0 Å². The molecule has 5 N–H and O–H groups in total. The van der Waals surface area contributed by atoms with Crippen LogP contribution in [0.25, 0.3) is 0 Å². The van der Waals surface area contributed by atoms with Crippen molar-refractivity contribution in [3.63, 3.8) is 0 Å². The number of methoxy groups -OCH3 is 1. The quantitative estimate of drug-likeness (QED) is 0.401. The molecule has 78 valence electrons. The summed E-state index contributed by atoms with van der Waals surface area (Å²) in [4.78, 5) is 0. The van der Waals surface area contributed by atoms with Crippen molar-refractivity contribution in [3.8, 4) is 5.75 Å². The Morgan fingerprint density at radius 1 is 1.50 bits per heavy atom. The maximum atomic E-state index is 5.96. The number of rotatable bonds is 3. The van der Waals surface area contributed by atoms with Gasteiger partial charge in [0.15, 0.2) is 0 Å². The Labute approximate surface area is 88.1 Å². The lowest BCUT2D eigenvalue weighted by Crippen LogP contribution is -2.34. The lowest BCUT2D eigenvalue weighted by Gasteiger charge is -2.16. The van der Waals surface area contributed by atoms with E-state index >= 15 is 0 Å². The van der Waals surface area contributed by atoms with E-state index in [1.165, 1.54) is 0 Å². The number of hydrazine groups is 1. The molecule has 0 radical (unpaired) electrons. The number of aryl methyl sites for hydroxylation is 1. The van der Waals surface area contributed by atoms with Crippen molar-refractivity contribution >= 4 is 11.6 Å². The topological polar surface area (TPSA) is 73.3 Å². The minimum atomic E-state index is -0.483. The summed E-state index contributed by atoms with van der Waals surface area (Å²) in [7, 11) is 1.58. The number of ether oxygens (including phenoxy) is 1. The number of nitrogens with one attached hydrogen (secondary N) is 1. The van der Waals surface area contributed by atoms with Crippen molar-refractivity contribution in [2.45, 2.75) is 13.1 Å². The van der Waals surface area contributed by atoms with Crippen LogP contribution in [0.1, 0.15) is 17.3 Å². The standard InChI is InChI=1S/C9H14ClN3O/c1-5-3-8(14-2)6(4-7(5)10)9(11)13-12/h3-4,9,13H,11-12H2,1-2H3. The third-order valence-electron chi connectivity index (χ3n) is 2.03. The van der Waals surface area contributed by atoms with Crippen LogP contribution < -0.4 is 21.7 Å². The zero-order chi connectivity index (χ0) is 10.7. The van der Waals surface area contributed by atoms with Gasteiger partial charge < -0.3 is 10.5 Å². The first-order chi connectivity index (χ1) is 6.60. The van der Waals surface area contributed by atoms with Gasteiger partial charge in [0.2, 0.25) is 0 Å². The highest BCUT2D eigenvalue weighted by atomic mass is 35.5. The third-order valence-corrected chi connectivity index (χ3v) is 2.43. The molecule has 5 heteroatoms. The first kappa shape index (κ1) is 11.3. The lowest BCUT2D eigenvalue weighted by atomic mass is 10.1. The summed E-state index contributed by atoms with van der Waals surface area (Å²) in [6.07, 6.45) is -0.483. The van der Waals surface area contributed by atoms with Crippen LogP contribution in [-0.4, -0.2) is 7.11 Å². The van der Waals surface area contributed by atoms with Crippen LogP contribution in [0.5, 0.6) is 5.75 Å². The number of benzene rings is 1. The Bertz CT molecular complexity index is 330. The molecule has 0 aliphatic carbocycles. The molecule has 1 atom stereocenters. The van der Waals surface area contributed by atoms with Crippen LogP contribution in [0.2, 0.25) is 5.02 Å². The van der Waals surface area contributed by atoms with E-state index in [0.29, 0.717) is 10.8 Å². The van der Waals surface area contributed by atoms with Crippen LogP contribution in [0.3, 0.4) is 0 Å². The Hall–Kier alpha value is -0.810. The second kappa shape index (κ2) is 4.61. The smallest absolute Gasteiger partial charge is 0.125 e. The summed E-state index contributed by atoms with van der Waals surface area (Å²) in [5.41, 5.74) is 9.84. The summed E-state index contributed by atoms with van der Waals surface area (Å²) < 4.78 is 5.17. The molecule has 0 bridgehead atoms. The van der Waals surface area contributed by atoms with Gasteiger partial charge in [0, 0.05) is 10.6 Å². The van der Waals surface area contributed by atoms with E-state index in [1.54, 1.807) is 13.2 Å². The molecule has 1 aromatic rings. The van der Waals surface area contributed by atoms with Gasteiger partial charge in [0.1, 0.15) is 5.75 Å². The van der Waals surface area contributed by atoms with Crippen molar-refractivity contribution in [3.05, 3.63) is 28.3 Å². The summed E-state index contributed by atoms with van der Waals surface area (Å²) >= 11 is 5.96. The van der Waals surface area contributed by atoms with Crippen LogP contribution in [-0.2, 0) is 0 Å². The lowest BCUT2D eigenvalue weighted by molar-refractivity contribution is 0.400. The van der Waals surface area contributed by atoms with Gasteiger partial charge >= 0.3 is 0 Å². The van der Waals surface area contributed by atoms with Gasteiger partial charge in [-0.15, -0.1) is 0 Å². The number of hydrogen-bond acceptors (Lipinski definition) is 4. The van der Waals surface area contributed by atoms with E-state index in [-0.39, 0.29) is 0 Å². The zero-order valence-corrected chi connectivity index (χ0v) is 8.93. The summed E-state index contributed by atoms with van der Waals surface area (Å²) in [6.45, 7) is 1.90. The predicted octanol–water partition coefficient (Wildman–Crippen LogP) is 1.08. The molecule has 4 nitrogen and oxygen atoms in total. The molecule has 0 spiro atoms. The fourth-order valence-electron chi connectivity index (χ4n) is 1.18. The summed E-state index contributed by atoms with van der Waals surface area (Å²) in [5, 5.41) is 0.645. The number of halogens is 1. The third kappa shape index (κ3) is 2.16. The maximum Gasteiger partial charge on any atom is 0.125 e. The number of hydrogen-bond donors (Lipinski definition) is 3. The fraction of sp³-hybridized carbons (Fsp3) is 0.333. The molecule has 1 rings (SSSR count). The Kier molecular flexibility index (Phi) is 3.71. The van der Waals surface area contributed by atoms with Crippen molar-refractivity contribution < 1.29 is 4.74 Å². The molecule has 1 aromatic carbocycles. The fourth-order valence-corrected chi connectivity index (χ4v) is 1.35. The molecule has 0 saturated heterocycles. The summed E-state index contributed by atoms with van der Waals surface area (Å²) in [6, 6.07) is 3.58. The Morgan fingerprint density at radius 2 is 2.14 bits per heavy atom. The molecule has 1 unspecified atom stereocenters. The van der Waals surface area contributed by atoms with Gasteiger partial charge in [-0.3, -0.25) is 5.84 Å². The molecule has 0 heterocycles. The average Bonchev–Trinajstić information content (AvgIpc) is 2.20. The van der Waals surface area contributed by atoms with E-state index in [2.05, 4.69) is 5.43 Å². The normalized spacial score (nSPS) is 12.6. The minimum Gasteiger partial charge on any atom is -0.496 e. The van der Waals surface area contributed by atoms with Crippen molar-refractivity contribution in [1.82, 2.24) is 5.43 Å². The SMILES string of the molecule is COc1cc(C)c(Cl)cc1C(N)NN. The molecule has 0 fully saturated rings. The van der Waals surface area contributed by atoms with E-state index < -0.39 is 6.17 Å². The largest absolute Gasteiger partial charge is 0.496 e. The Balaban J connectivity index is 3.19. The molecular formula is C9H14ClN3O. The van der Waals surface area contributed by atoms with Crippen molar-refractivity contribution in [1.29, 1.82) is 0 Å². The van der Waals surface area contributed by atoms with E-state index in [9.17, 15) is 0 Å². The first-order valence-electron chi connectivity index (χ1n) is 4.16. The van der Waals surface area contributed by atoms with Crippen LogP contribution in [0.4, 0.5) is 0 Å². The van der Waals surface area contributed by atoms with Gasteiger partial charge in [-0.05, 0) is 24.6 Å². The second-order valence-corrected chi connectivity index (χ2v) is 3.39. The highest BCUT2D eigenvalue weighted by Gasteiger charge is 2.12. The molecular weight excluding hydrogens is 202 g/mol. The van der Waals surface area contributed by atoms with Crippen LogP contribution in [0.15, 0.2) is 12.1 Å². The van der Waals surface area contributed by atoms with Crippen LogP contribution >= 0.6 is 11.6 Å². The molecule has 0 aliphatic rings. The summed E-state index contributed by atoms with van der Waals surface area (Å²) in [5.74, 6) is 5.92. The molecule has 0 aromatic heterocycles. The van der Waals surface area contributed by atoms with Gasteiger partial charge in [-0.25, -0.2) is 5.43 Å². The minimum absolute atomic E-state index is 0.483. The van der Waals surface area contributed by atoms with Crippen molar-refractivity contribution in [2.75, 3.05) is 7.11 Å². The van der Waals surface area contributed by atoms with E-state index in [4.69, 9.17) is 27.9 Å². The molecule has 0 aliphatic heterocycles. The molecule has 0 saturated carbocycles. The van der Waals surface area contributed by atoms with Gasteiger partial charge in [-0.1, -0.05) is 11.6 Å². The molecule has 14 heavy (non-hydrogen) atoms. The van der Waals surface area contributed by atoms with E-state index in [0.717, 1.165) is 11.1 Å². The highest BCUT2D eigenvalue weighted by molar-refractivity contribution is 6.31. The van der Waals surface area contributed by atoms with Crippen molar-refractivity contribution in [2.24, 2.45) is 11.6 Å².